The van der Waals surface area contributed by atoms with Gasteiger partial charge < -0.3 is 29.9 Å². The Balaban J connectivity index is 2.44. The fourth-order valence-electron chi connectivity index (χ4n) is 1.58. The quantitative estimate of drug-likeness (QED) is 0.423. The van der Waals surface area contributed by atoms with Gasteiger partial charge in [-0.25, -0.2) is 0 Å². The Bertz CT molecular complexity index is 200. The number of aliphatic hydroxyl groups is 4. The van der Waals surface area contributed by atoms with Crippen LogP contribution in [0.3, 0.4) is 0 Å². The molecule has 1 saturated heterocycles. The van der Waals surface area contributed by atoms with Crippen LogP contribution >= 0.6 is 0 Å². The van der Waals surface area contributed by atoms with E-state index < -0.39 is 37.3 Å². The van der Waals surface area contributed by atoms with E-state index in [9.17, 15) is 15.3 Å². The summed E-state index contributed by atoms with van der Waals surface area (Å²) in [7, 11) is 0. The molecule has 1 heterocycles. The molecule has 5 atom stereocenters. The Kier molecular flexibility index (Phi) is 5.60. The van der Waals surface area contributed by atoms with Crippen molar-refractivity contribution < 1.29 is 29.9 Å². The van der Waals surface area contributed by atoms with Gasteiger partial charge in [-0.15, -0.1) is 0 Å². The van der Waals surface area contributed by atoms with Gasteiger partial charge in [0.2, 0.25) is 0 Å². The summed E-state index contributed by atoms with van der Waals surface area (Å²) in [6, 6.07) is 0. The van der Waals surface area contributed by atoms with Gasteiger partial charge in [0, 0.05) is 6.61 Å². The van der Waals surface area contributed by atoms with E-state index >= 15 is 0 Å². The van der Waals surface area contributed by atoms with Gasteiger partial charge in [0.25, 0.3) is 0 Å². The summed E-state index contributed by atoms with van der Waals surface area (Å²) in [6.07, 6.45) is -3.81. The van der Waals surface area contributed by atoms with Crippen molar-refractivity contribution in [3.8, 4) is 0 Å². The Morgan fingerprint density at radius 1 is 1.31 bits per heavy atom. The molecule has 0 saturated carbocycles. The number of hydrogen-bond donors (Lipinski definition) is 4. The molecule has 0 aromatic rings. The topological polar surface area (TPSA) is 99.4 Å². The first-order chi connectivity index (χ1) is 7.61. The zero-order valence-corrected chi connectivity index (χ0v) is 9.32. The smallest absolute Gasteiger partial charge is 0.186 e. The average molecular weight is 236 g/mol. The summed E-state index contributed by atoms with van der Waals surface area (Å²) in [5.41, 5.74) is 0. The third-order valence-electron chi connectivity index (χ3n) is 2.60. The highest BCUT2D eigenvalue weighted by Gasteiger charge is 2.46. The standard InChI is InChI=1S/C10H20O6/c1-2-3-4-15-10-8(14)7(13)9(16-10)6(12)5-11/h6-14H,2-5H2,1H3/t6-,7-,8-,9+,10?/m1/s1. The molecule has 96 valence electrons. The van der Waals surface area contributed by atoms with Crippen molar-refractivity contribution in [2.75, 3.05) is 13.2 Å². The monoisotopic (exact) mass is 236 g/mol. The highest BCUT2D eigenvalue weighted by atomic mass is 16.7. The van der Waals surface area contributed by atoms with E-state index in [0.29, 0.717) is 6.61 Å². The lowest BCUT2D eigenvalue weighted by atomic mass is 10.1. The van der Waals surface area contributed by atoms with E-state index in [2.05, 4.69) is 0 Å². The van der Waals surface area contributed by atoms with Gasteiger partial charge in [-0.05, 0) is 6.42 Å². The van der Waals surface area contributed by atoms with E-state index in [1.165, 1.54) is 0 Å². The Labute approximate surface area is 94.4 Å². The second-order valence-corrected chi connectivity index (χ2v) is 3.92. The number of aliphatic hydroxyl groups excluding tert-OH is 4. The zero-order valence-electron chi connectivity index (χ0n) is 9.32. The van der Waals surface area contributed by atoms with E-state index in [4.69, 9.17) is 14.6 Å². The second kappa shape index (κ2) is 6.48. The van der Waals surface area contributed by atoms with Gasteiger partial charge in [0.05, 0.1) is 6.61 Å². The molecular formula is C10H20O6. The Morgan fingerprint density at radius 2 is 2.00 bits per heavy atom. The summed E-state index contributed by atoms with van der Waals surface area (Å²) < 4.78 is 10.4. The molecule has 0 bridgehead atoms. The average Bonchev–Trinajstić information content (AvgIpc) is 2.57. The summed E-state index contributed by atoms with van der Waals surface area (Å²) >= 11 is 0. The molecule has 6 heteroatoms. The molecule has 0 spiro atoms. The Hall–Kier alpha value is -0.240. The van der Waals surface area contributed by atoms with E-state index in [1.54, 1.807) is 0 Å². The van der Waals surface area contributed by atoms with Crippen LogP contribution < -0.4 is 0 Å². The molecule has 1 fully saturated rings. The normalized spacial score (nSPS) is 36.6. The molecule has 0 aromatic carbocycles. The van der Waals surface area contributed by atoms with Gasteiger partial charge >= 0.3 is 0 Å². The maximum Gasteiger partial charge on any atom is 0.186 e. The van der Waals surface area contributed by atoms with Crippen LogP contribution in [0.2, 0.25) is 0 Å². The van der Waals surface area contributed by atoms with Crippen LogP contribution in [0.5, 0.6) is 0 Å². The van der Waals surface area contributed by atoms with Crippen LogP contribution in [0.1, 0.15) is 19.8 Å². The zero-order chi connectivity index (χ0) is 12.1. The fraction of sp³-hybridized carbons (Fsp3) is 1.00. The molecule has 1 aliphatic rings. The molecule has 1 rings (SSSR count). The van der Waals surface area contributed by atoms with Gasteiger partial charge in [0.15, 0.2) is 6.29 Å². The minimum absolute atomic E-state index is 0.423. The Morgan fingerprint density at radius 3 is 2.56 bits per heavy atom. The van der Waals surface area contributed by atoms with Crippen molar-refractivity contribution in [2.45, 2.75) is 50.5 Å². The third kappa shape index (κ3) is 3.13. The first-order valence-electron chi connectivity index (χ1n) is 5.54. The number of hydrogen-bond acceptors (Lipinski definition) is 6. The van der Waals surface area contributed by atoms with Gasteiger partial charge in [-0.3, -0.25) is 0 Å². The lowest BCUT2D eigenvalue weighted by Gasteiger charge is -2.18. The van der Waals surface area contributed by atoms with Gasteiger partial charge in [0.1, 0.15) is 24.4 Å². The van der Waals surface area contributed by atoms with Crippen molar-refractivity contribution in [3.05, 3.63) is 0 Å². The number of rotatable bonds is 6. The summed E-state index contributed by atoms with van der Waals surface area (Å²) in [5, 5.41) is 37.2. The van der Waals surface area contributed by atoms with Crippen LogP contribution in [0.15, 0.2) is 0 Å². The maximum absolute atomic E-state index is 9.58. The molecule has 1 aliphatic heterocycles. The highest BCUT2D eigenvalue weighted by Crippen LogP contribution is 2.24. The molecule has 1 unspecified atom stereocenters. The first-order valence-corrected chi connectivity index (χ1v) is 5.54. The first kappa shape index (κ1) is 13.8. The summed E-state index contributed by atoms with van der Waals surface area (Å²) in [6.45, 7) is 1.89. The molecule has 4 N–H and O–H groups in total. The second-order valence-electron chi connectivity index (χ2n) is 3.92. The predicted octanol–water partition coefficient (Wildman–Crippen LogP) is -1.40. The van der Waals surface area contributed by atoms with Crippen LogP contribution in [-0.4, -0.2) is 64.3 Å². The maximum atomic E-state index is 9.58. The van der Waals surface area contributed by atoms with Gasteiger partial charge in [-0.2, -0.15) is 0 Å². The molecule has 0 amide bonds. The predicted molar refractivity (Wildman–Crippen MR) is 54.6 cm³/mol. The summed E-state index contributed by atoms with van der Waals surface area (Å²) in [4.78, 5) is 0. The lowest BCUT2D eigenvalue weighted by molar-refractivity contribution is -0.180. The lowest BCUT2D eigenvalue weighted by Crippen LogP contribution is -2.40. The van der Waals surface area contributed by atoms with Crippen molar-refractivity contribution in [1.29, 1.82) is 0 Å². The molecule has 0 radical (unpaired) electrons. The minimum atomic E-state index is -1.24. The number of ether oxygens (including phenoxy) is 2. The van der Waals surface area contributed by atoms with Crippen LogP contribution in [0.4, 0.5) is 0 Å². The van der Waals surface area contributed by atoms with E-state index in [0.717, 1.165) is 12.8 Å². The highest BCUT2D eigenvalue weighted by molar-refractivity contribution is 4.90. The van der Waals surface area contributed by atoms with Crippen molar-refractivity contribution in [3.63, 3.8) is 0 Å². The fourth-order valence-corrected chi connectivity index (χ4v) is 1.58. The summed E-state index contributed by atoms with van der Waals surface area (Å²) in [5.74, 6) is 0. The van der Waals surface area contributed by atoms with Crippen molar-refractivity contribution in [1.82, 2.24) is 0 Å². The van der Waals surface area contributed by atoms with Crippen LogP contribution in [0, 0.1) is 0 Å². The largest absolute Gasteiger partial charge is 0.394 e. The third-order valence-corrected chi connectivity index (χ3v) is 2.60. The molecule has 0 aromatic heterocycles. The van der Waals surface area contributed by atoms with Crippen molar-refractivity contribution >= 4 is 0 Å². The molecule has 16 heavy (non-hydrogen) atoms. The molecule has 0 aliphatic carbocycles. The van der Waals surface area contributed by atoms with Crippen LogP contribution in [0.25, 0.3) is 0 Å². The molecular weight excluding hydrogens is 216 g/mol. The SMILES string of the molecule is CCCCOC1O[C@@H]([C@H](O)CO)[C@H](O)[C@H]1O. The molecule has 6 nitrogen and oxygen atoms in total. The number of unbranched alkanes of at least 4 members (excludes halogenated alkanes) is 1. The van der Waals surface area contributed by atoms with Crippen LogP contribution in [-0.2, 0) is 9.47 Å². The van der Waals surface area contributed by atoms with E-state index in [1.807, 2.05) is 6.92 Å². The van der Waals surface area contributed by atoms with Gasteiger partial charge in [-0.1, -0.05) is 13.3 Å². The van der Waals surface area contributed by atoms with E-state index in [-0.39, 0.29) is 0 Å². The minimum Gasteiger partial charge on any atom is -0.394 e. The van der Waals surface area contributed by atoms with Crippen molar-refractivity contribution in [2.24, 2.45) is 0 Å².